The number of esters is 1. The Morgan fingerprint density at radius 3 is 1.50 bits per heavy atom. The number of carbonyl (C=O) groups is 2. The monoisotopic (exact) mass is 1020 g/mol. The van der Waals surface area contributed by atoms with Crippen LogP contribution in [0.3, 0.4) is 0 Å². The summed E-state index contributed by atoms with van der Waals surface area (Å²) in [6.45, 7) is 6.59. The van der Waals surface area contributed by atoms with Crippen LogP contribution in [0.4, 0.5) is 0 Å². The van der Waals surface area contributed by atoms with Crippen LogP contribution in [-0.4, -0.2) is 69.4 Å². The van der Waals surface area contributed by atoms with Gasteiger partial charge in [0.1, 0.15) is 19.3 Å². The summed E-state index contributed by atoms with van der Waals surface area (Å²) in [6.07, 6.45) is 70.2. The summed E-state index contributed by atoms with van der Waals surface area (Å²) in [6, 6.07) is -0.926. The molecule has 0 aliphatic rings. The quantitative estimate of drug-likeness (QED) is 0.0161. The molecule has 72 heavy (non-hydrogen) atoms. The van der Waals surface area contributed by atoms with Gasteiger partial charge in [-0.1, -0.05) is 226 Å². The Balaban J connectivity index is 5.51. The number of amides is 1. The van der Waals surface area contributed by atoms with Crippen LogP contribution in [-0.2, 0) is 27.9 Å². The molecule has 0 spiro atoms. The molecule has 0 aromatic carbocycles. The summed E-state index contributed by atoms with van der Waals surface area (Å²) in [5.74, 6) is -0.629. The number of phosphoric ester groups is 1. The van der Waals surface area contributed by atoms with Gasteiger partial charge >= 0.3 is 5.97 Å². The van der Waals surface area contributed by atoms with Gasteiger partial charge in [-0.2, -0.15) is 0 Å². The largest absolute Gasteiger partial charge is 0.756 e. The molecule has 1 amide bonds. The minimum absolute atomic E-state index is 0.0416. The van der Waals surface area contributed by atoms with Gasteiger partial charge in [0.15, 0.2) is 0 Å². The molecule has 1 N–H and O–H groups in total. The third-order valence-corrected chi connectivity index (χ3v) is 12.8. The molecule has 0 saturated heterocycles. The highest BCUT2D eigenvalue weighted by Crippen LogP contribution is 2.38. The smallest absolute Gasteiger partial charge is 0.306 e. The van der Waals surface area contributed by atoms with E-state index in [0.29, 0.717) is 23.9 Å². The zero-order chi connectivity index (χ0) is 52.9. The second-order valence-corrected chi connectivity index (χ2v) is 21.3. The maximum Gasteiger partial charge on any atom is 0.306 e. The van der Waals surface area contributed by atoms with E-state index in [2.05, 4.69) is 74.7 Å². The highest BCUT2D eigenvalue weighted by Gasteiger charge is 2.27. The molecule has 0 fully saturated rings. The van der Waals surface area contributed by atoms with Crippen LogP contribution in [0.1, 0.15) is 207 Å². The predicted molar refractivity (Wildman–Crippen MR) is 307 cm³/mol. The second kappa shape index (κ2) is 50.9. The van der Waals surface area contributed by atoms with Gasteiger partial charge < -0.3 is 28.5 Å². The Bertz CT molecular complexity index is 1650. The van der Waals surface area contributed by atoms with Gasteiger partial charge in [0.25, 0.3) is 7.82 Å². The van der Waals surface area contributed by atoms with Crippen LogP contribution in [0.5, 0.6) is 0 Å². The Kier molecular flexibility index (Phi) is 48.4. The molecule has 410 valence electrons. The summed E-state index contributed by atoms with van der Waals surface area (Å²) in [5, 5.41) is 2.99. The van der Waals surface area contributed by atoms with Gasteiger partial charge in [0.2, 0.25) is 5.91 Å². The van der Waals surface area contributed by atoms with Crippen molar-refractivity contribution < 1.29 is 37.3 Å². The lowest BCUT2D eigenvalue weighted by Gasteiger charge is -2.30. The Morgan fingerprint density at radius 2 is 0.944 bits per heavy atom. The number of ether oxygens (including phenoxy) is 1. The number of hydrogen-bond donors (Lipinski definition) is 1. The highest BCUT2D eigenvalue weighted by atomic mass is 31.2. The molecule has 0 aliphatic carbocycles. The van der Waals surface area contributed by atoms with Crippen LogP contribution in [0.15, 0.2) is 122 Å². The molecule has 3 unspecified atom stereocenters. The average Bonchev–Trinajstić information content (AvgIpc) is 3.34. The number of phosphoric acid groups is 1. The van der Waals surface area contributed by atoms with Crippen molar-refractivity contribution in [1.29, 1.82) is 0 Å². The van der Waals surface area contributed by atoms with E-state index in [9.17, 15) is 19.0 Å². The van der Waals surface area contributed by atoms with Crippen molar-refractivity contribution in [3.63, 3.8) is 0 Å². The van der Waals surface area contributed by atoms with E-state index in [1.165, 1.54) is 77.0 Å². The minimum atomic E-state index is -4.72. The summed E-state index contributed by atoms with van der Waals surface area (Å²) < 4.78 is 30.2. The molecule has 0 radical (unpaired) electrons. The van der Waals surface area contributed by atoms with Crippen molar-refractivity contribution in [3.8, 4) is 0 Å². The van der Waals surface area contributed by atoms with Crippen LogP contribution in [0.25, 0.3) is 0 Å². The first-order valence-corrected chi connectivity index (χ1v) is 29.9. The zero-order valence-electron chi connectivity index (χ0n) is 46.6. The number of rotatable bonds is 49. The van der Waals surface area contributed by atoms with Crippen molar-refractivity contribution in [2.24, 2.45) is 0 Å². The zero-order valence-corrected chi connectivity index (χ0v) is 47.5. The molecule has 0 rings (SSSR count). The van der Waals surface area contributed by atoms with Gasteiger partial charge in [-0.3, -0.25) is 14.2 Å². The van der Waals surface area contributed by atoms with Crippen molar-refractivity contribution in [2.45, 2.75) is 219 Å². The first-order valence-electron chi connectivity index (χ1n) is 28.4. The maximum absolute atomic E-state index is 13.5. The average molecular weight is 1020 g/mol. The third kappa shape index (κ3) is 51.3. The van der Waals surface area contributed by atoms with Crippen LogP contribution in [0.2, 0.25) is 0 Å². The molecule has 3 atom stereocenters. The third-order valence-electron chi connectivity index (χ3n) is 11.8. The normalized spacial score (nSPS) is 14.7. The predicted octanol–water partition coefficient (Wildman–Crippen LogP) is 16.5. The van der Waals surface area contributed by atoms with E-state index in [1.54, 1.807) is 6.08 Å². The topological polar surface area (TPSA) is 114 Å². The fraction of sp³-hybridized carbons (Fsp3) is 0.645. The van der Waals surface area contributed by atoms with E-state index in [4.69, 9.17) is 13.8 Å². The molecule has 0 aromatic rings. The van der Waals surface area contributed by atoms with Crippen molar-refractivity contribution in [1.82, 2.24) is 5.32 Å². The Morgan fingerprint density at radius 1 is 0.514 bits per heavy atom. The number of likely N-dealkylation sites (N-methyl/N-ethyl adjacent to an activating group) is 1. The second-order valence-electron chi connectivity index (χ2n) is 19.9. The summed E-state index contributed by atoms with van der Waals surface area (Å²) >= 11 is 0. The number of quaternary nitrogens is 1. The molecule has 0 saturated carbocycles. The molecular formula is C62H105N2O7P. The van der Waals surface area contributed by atoms with E-state index in [0.717, 1.165) is 83.5 Å². The number of allylic oxidation sites excluding steroid dienone is 19. The number of hydrogen-bond acceptors (Lipinski definition) is 7. The first-order chi connectivity index (χ1) is 34.9. The van der Waals surface area contributed by atoms with Gasteiger partial charge in [-0.15, -0.1) is 0 Å². The SMILES string of the molecule is CC\C=C/C=C/C=C/C=C\C=C\C=C\CCCCCC(=O)OC(/C=C/CCCCCCCCCCCC)C(COP(=O)([O-])OCC[N+](C)(C)C)NC(=O)CCCCCC/C=C\C/C=C\C/C=C\CCCCC. The fourth-order valence-corrected chi connectivity index (χ4v) is 8.10. The standard InChI is InChI=1S/C62H105N2O7P/c1-7-10-13-16-19-22-25-28-30-32-34-36-39-42-45-48-51-54-61(65)63-59(58-70-72(67,68)69-57-56-64(4,5)6)60(53-50-47-44-41-38-27-24-21-18-15-12-9-3)71-62(66)55-52-49-46-43-40-37-35-33-31-29-26-23-20-17-14-11-8-2/h11,14,17,19-20,22-23,26,28-31,33-37,40,50,53,59-60H,7-10,12-13,15-16,18,21,24-25,27,32,38-39,41-49,51-52,54-58H2,1-6H3,(H-,63,65,67,68)/b14-11-,20-17+,22-19-,26-23+,30-28-,31-29-,35-33+,36-34-,40-37+,53-50+. The van der Waals surface area contributed by atoms with Gasteiger partial charge in [-0.25, -0.2) is 0 Å². The van der Waals surface area contributed by atoms with E-state index >= 15 is 0 Å². The maximum atomic E-state index is 13.5. The van der Waals surface area contributed by atoms with Gasteiger partial charge in [0, 0.05) is 12.8 Å². The van der Waals surface area contributed by atoms with Crippen molar-refractivity contribution in [2.75, 3.05) is 40.9 Å². The van der Waals surface area contributed by atoms with E-state index < -0.39 is 32.5 Å². The number of nitrogens with one attached hydrogen (secondary N) is 1. The summed E-state index contributed by atoms with van der Waals surface area (Å²) in [4.78, 5) is 39.8. The highest BCUT2D eigenvalue weighted by molar-refractivity contribution is 7.45. The molecule has 9 nitrogen and oxygen atoms in total. The van der Waals surface area contributed by atoms with Gasteiger partial charge in [-0.05, 0) is 89.5 Å². The van der Waals surface area contributed by atoms with Crippen molar-refractivity contribution >= 4 is 19.7 Å². The summed E-state index contributed by atoms with van der Waals surface area (Å²) in [7, 11) is 1.12. The Labute approximate surface area is 442 Å². The summed E-state index contributed by atoms with van der Waals surface area (Å²) in [5.41, 5.74) is 0. The van der Waals surface area contributed by atoms with E-state index in [-0.39, 0.29) is 25.4 Å². The molecule has 0 heterocycles. The molecule has 0 aliphatic heterocycles. The van der Waals surface area contributed by atoms with Crippen LogP contribution < -0.4 is 10.2 Å². The number of carbonyl (C=O) groups excluding carboxylic acids is 2. The molecular weight excluding hydrogens is 916 g/mol. The molecule has 0 aromatic heterocycles. The molecule has 0 bridgehead atoms. The van der Waals surface area contributed by atoms with Crippen molar-refractivity contribution in [3.05, 3.63) is 122 Å². The lowest BCUT2D eigenvalue weighted by atomic mass is 10.1. The fourth-order valence-electron chi connectivity index (χ4n) is 7.38. The van der Waals surface area contributed by atoms with Crippen LogP contribution >= 0.6 is 7.82 Å². The van der Waals surface area contributed by atoms with Gasteiger partial charge in [0.05, 0.1) is 33.8 Å². The lowest BCUT2D eigenvalue weighted by molar-refractivity contribution is -0.870. The number of nitrogens with zero attached hydrogens (tertiary/aromatic N) is 1. The number of unbranched alkanes of at least 4 members (excludes halogenated alkanes) is 20. The minimum Gasteiger partial charge on any atom is -0.756 e. The van der Waals surface area contributed by atoms with Crippen LogP contribution in [0, 0.1) is 0 Å². The lowest BCUT2D eigenvalue weighted by Crippen LogP contribution is -2.47. The molecule has 10 heteroatoms. The van der Waals surface area contributed by atoms with E-state index in [1.807, 2.05) is 88.0 Å². The first kappa shape index (κ1) is 68.4. The Hall–Kier alpha value is -3.59.